The number of hydrogen-bond acceptors (Lipinski definition) is 1. The van der Waals surface area contributed by atoms with E-state index in [0.717, 1.165) is 12.3 Å². The minimum Gasteiger partial charge on any atom is -0.393 e. The van der Waals surface area contributed by atoms with Gasteiger partial charge in [-0.1, -0.05) is 6.08 Å². The van der Waals surface area contributed by atoms with Crippen LogP contribution >= 0.6 is 0 Å². The van der Waals surface area contributed by atoms with E-state index in [9.17, 15) is 5.11 Å². The van der Waals surface area contributed by atoms with Crippen molar-refractivity contribution in [1.29, 1.82) is 0 Å². The van der Waals surface area contributed by atoms with Crippen molar-refractivity contribution in [3.63, 3.8) is 0 Å². The average molecular weight is 180 g/mol. The van der Waals surface area contributed by atoms with Gasteiger partial charge in [-0.3, -0.25) is 0 Å². The lowest BCUT2D eigenvalue weighted by molar-refractivity contribution is 0.0539. The molecule has 2 saturated carbocycles. The maximum absolute atomic E-state index is 9.95. The summed E-state index contributed by atoms with van der Waals surface area (Å²) in [7, 11) is 0. The third-order valence-corrected chi connectivity index (χ3v) is 3.99. The lowest BCUT2D eigenvalue weighted by Crippen LogP contribution is -2.27. The minimum absolute atomic E-state index is 0.0311. The zero-order valence-electron chi connectivity index (χ0n) is 8.28. The summed E-state index contributed by atoms with van der Waals surface area (Å²) in [6.07, 6.45) is 9.52. The number of allylic oxidation sites excluding steroid dienone is 1. The maximum atomic E-state index is 9.95. The predicted octanol–water partition coefficient (Wildman–Crippen LogP) is 2.75. The molecule has 0 aromatic carbocycles. The monoisotopic (exact) mass is 180 g/mol. The molecule has 2 aliphatic carbocycles. The standard InChI is InChI=1S/C12H20O/c1-2-3-4-5-11-9-6-7-10(8-9)12(11)13/h2,9-13H,1,3-8H2/t9-,10+,11-,12-/m0/s1. The summed E-state index contributed by atoms with van der Waals surface area (Å²) < 4.78 is 0. The van der Waals surface area contributed by atoms with Crippen LogP contribution in [0.15, 0.2) is 12.7 Å². The van der Waals surface area contributed by atoms with Crippen LogP contribution in [0.1, 0.15) is 38.5 Å². The third kappa shape index (κ3) is 1.67. The highest BCUT2D eigenvalue weighted by molar-refractivity contribution is 4.96. The second-order valence-electron chi connectivity index (χ2n) is 4.71. The first-order chi connectivity index (χ1) is 6.33. The molecule has 2 bridgehead atoms. The molecule has 2 fully saturated rings. The van der Waals surface area contributed by atoms with Crippen molar-refractivity contribution in [2.24, 2.45) is 17.8 Å². The summed E-state index contributed by atoms with van der Waals surface area (Å²) in [5.41, 5.74) is 0. The highest BCUT2D eigenvalue weighted by Crippen LogP contribution is 2.50. The number of aliphatic hydroxyl groups is 1. The number of fused-ring (bicyclic) bond motifs is 2. The molecule has 0 heterocycles. The number of hydrogen-bond donors (Lipinski definition) is 1. The van der Waals surface area contributed by atoms with Crippen LogP contribution in [0.25, 0.3) is 0 Å². The van der Waals surface area contributed by atoms with E-state index in [0.29, 0.717) is 11.8 Å². The Morgan fingerprint density at radius 3 is 2.69 bits per heavy atom. The van der Waals surface area contributed by atoms with Crippen molar-refractivity contribution < 1.29 is 5.11 Å². The Bertz CT molecular complexity index is 186. The van der Waals surface area contributed by atoms with E-state index >= 15 is 0 Å². The SMILES string of the molecule is C=CCCC[C@H]1[C@H]2CC[C@H](C2)[C@@H]1O. The fraction of sp³-hybridized carbons (Fsp3) is 0.833. The van der Waals surface area contributed by atoms with Crippen LogP contribution in [0.4, 0.5) is 0 Å². The Balaban J connectivity index is 1.82. The van der Waals surface area contributed by atoms with Crippen molar-refractivity contribution in [2.75, 3.05) is 0 Å². The molecule has 2 rings (SSSR count). The molecule has 0 spiro atoms. The van der Waals surface area contributed by atoms with Gasteiger partial charge in [0.15, 0.2) is 0 Å². The van der Waals surface area contributed by atoms with Crippen LogP contribution in [0.5, 0.6) is 0 Å². The fourth-order valence-corrected chi connectivity index (χ4v) is 3.28. The summed E-state index contributed by atoms with van der Waals surface area (Å²) >= 11 is 0. The summed E-state index contributed by atoms with van der Waals surface area (Å²) in [4.78, 5) is 0. The first kappa shape index (κ1) is 9.26. The van der Waals surface area contributed by atoms with Gasteiger partial charge in [0.1, 0.15) is 0 Å². The highest BCUT2D eigenvalue weighted by atomic mass is 16.3. The second kappa shape index (κ2) is 3.83. The molecule has 0 aliphatic heterocycles. The number of aliphatic hydroxyl groups excluding tert-OH is 1. The van der Waals surface area contributed by atoms with E-state index in [-0.39, 0.29) is 6.10 Å². The van der Waals surface area contributed by atoms with Gasteiger partial charge < -0.3 is 5.11 Å². The molecule has 1 heteroatoms. The Hall–Kier alpha value is -0.300. The molecule has 74 valence electrons. The van der Waals surface area contributed by atoms with Crippen molar-refractivity contribution in [2.45, 2.75) is 44.6 Å². The van der Waals surface area contributed by atoms with Gasteiger partial charge in [0.25, 0.3) is 0 Å². The average Bonchev–Trinajstić information content (AvgIpc) is 2.69. The molecule has 0 unspecified atom stereocenters. The van der Waals surface area contributed by atoms with E-state index in [1.165, 1.54) is 32.1 Å². The van der Waals surface area contributed by atoms with E-state index in [4.69, 9.17) is 0 Å². The molecule has 0 radical (unpaired) electrons. The number of unbranched alkanes of at least 4 members (excludes halogenated alkanes) is 1. The number of rotatable bonds is 4. The van der Waals surface area contributed by atoms with Crippen molar-refractivity contribution in [3.8, 4) is 0 Å². The van der Waals surface area contributed by atoms with Gasteiger partial charge in [-0.15, -0.1) is 6.58 Å². The minimum atomic E-state index is 0.0311. The van der Waals surface area contributed by atoms with E-state index in [2.05, 4.69) is 6.58 Å². The van der Waals surface area contributed by atoms with Gasteiger partial charge in [-0.2, -0.15) is 0 Å². The van der Waals surface area contributed by atoms with Crippen molar-refractivity contribution in [1.82, 2.24) is 0 Å². The van der Waals surface area contributed by atoms with E-state index in [1.54, 1.807) is 0 Å². The zero-order chi connectivity index (χ0) is 9.26. The van der Waals surface area contributed by atoms with Gasteiger partial charge in [-0.05, 0) is 56.3 Å². The molecule has 0 aromatic heterocycles. The quantitative estimate of drug-likeness (QED) is 0.521. The van der Waals surface area contributed by atoms with Gasteiger partial charge in [-0.25, -0.2) is 0 Å². The first-order valence-electron chi connectivity index (χ1n) is 5.62. The lowest BCUT2D eigenvalue weighted by Gasteiger charge is -2.26. The maximum Gasteiger partial charge on any atom is 0.0599 e. The molecular formula is C12H20O. The smallest absolute Gasteiger partial charge is 0.0599 e. The Morgan fingerprint density at radius 2 is 2.08 bits per heavy atom. The van der Waals surface area contributed by atoms with Crippen LogP contribution in [0.3, 0.4) is 0 Å². The Labute approximate surface area is 80.8 Å². The van der Waals surface area contributed by atoms with Crippen LogP contribution in [-0.4, -0.2) is 11.2 Å². The van der Waals surface area contributed by atoms with Crippen LogP contribution in [-0.2, 0) is 0 Å². The van der Waals surface area contributed by atoms with Gasteiger partial charge >= 0.3 is 0 Å². The van der Waals surface area contributed by atoms with Crippen LogP contribution in [0.2, 0.25) is 0 Å². The molecule has 0 saturated heterocycles. The molecule has 1 N–H and O–H groups in total. The molecule has 0 aromatic rings. The third-order valence-electron chi connectivity index (χ3n) is 3.99. The summed E-state index contributed by atoms with van der Waals surface area (Å²) in [6, 6.07) is 0. The summed E-state index contributed by atoms with van der Waals surface area (Å²) in [6.45, 7) is 3.73. The molecule has 2 aliphatic rings. The Kier molecular flexibility index (Phi) is 2.73. The predicted molar refractivity (Wildman–Crippen MR) is 54.4 cm³/mol. The zero-order valence-corrected chi connectivity index (χ0v) is 8.28. The fourth-order valence-electron chi connectivity index (χ4n) is 3.28. The first-order valence-corrected chi connectivity index (χ1v) is 5.62. The normalized spacial score (nSPS) is 42.5. The topological polar surface area (TPSA) is 20.2 Å². The molecule has 1 nitrogen and oxygen atoms in total. The van der Waals surface area contributed by atoms with Gasteiger partial charge in [0.2, 0.25) is 0 Å². The van der Waals surface area contributed by atoms with Crippen molar-refractivity contribution in [3.05, 3.63) is 12.7 Å². The summed E-state index contributed by atoms with van der Waals surface area (Å²) in [5, 5.41) is 9.95. The molecule has 0 amide bonds. The molecular weight excluding hydrogens is 160 g/mol. The largest absolute Gasteiger partial charge is 0.393 e. The van der Waals surface area contributed by atoms with Gasteiger partial charge in [0.05, 0.1) is 6.10 Å². The highest BCUT2D eigenvalue weighted by Gasteiger charge is 2.45. The van der Waals surface area contributed by atoms with Crippen molar-refractivity contribution >= 4 is 0 Å². The van der Waals surface area contributed by atoms with E-state index in [1.807, 2.05) is 6.08 Å². The van der Waals surface area contributed by atoms with Crippen LogP contribution < -0.4 is 0 Å². The second-order valence-corrected chi connectivity index (χ2v) is 4.71. The van der Waals surface area contributed by atoms with Gasteiger partial charge in [0, 0.05) is 0 Å². The molecule has 13 heavy (non-hydrogen) atoms. The van der Waals surface area contributed by atoms with E-state index < -0.39 is 0 Å². The van der Waals surface area contributed by atoms with Crippen LogP contribution in [0, 0.1) is 17.8 Å². The Morgan fingerprint density at radius 1 is 1.31 bits per heavy atom. The lowest BCUT2D eigenvalue weighted by atomic mass is 9.83. The summed E-state index contributed by atoms with van der Waals surface area (Å²) in [5.74, 6) is 2.13. The molecule has 4 atom stereocenters.